The maximum atomic E-state index is 13.7. The van der Waals surface area contributed by atoms with Crippen LogP contribution in [-0.4, -0.2) is 76.4 Å². The van der Waals surface area contributed by atoms with Crippen molar-refractivity contribution in [3.05, 3.63) is 71.3 Å². The summed E-state index contributed by atoms with van der Waals surface area (Å²) in [6.07, 6.45) is 5.00. The molecular formula is C31H38N8O4. The van der Waals surface area contributed by atoms with Crippen molar-refractivity contribution in [2.75, 3.05) is 56.9 Å². The first-order valence-corrected chi connectivity index (χ1v) is 14.2. The Morgan fingerprint density at radius 1 is 1.14 bits per heavy atom. The fourth-order valence-corrected chi connectivity index (χ4v) is 4.92. The van der Waals surface area contributed by atoms with Crippen LogP contribution in [0.5, 0.6) is 5.75 Å². The fourth-order valence-electron chi connectivity index (χ4n) is 4.92. The number of hydrogen-bond donors (Lipinski definition) is 3. The van der Waals surface area contributed by atoms with Crippen LogP contribution in [0.2, 0.25) is 0 Å². The molecule has 0 radical (unpaired) electrons. The van der Waals surface area contributed by atoms with Gasteiger partial charge in [0.1, 0.15) is 11.6 Å². The van der Waals surface area contributed by atoms with Crippen molar-refractivity contribution in [2.45, 2.75) is 26.0 Å². The SMILES string of the molecule is C=CC(=O)Nc1cc(Nc2nccc(-n3c(=O)n(CC4CC4)c4cc(CO)ccc43)n2)c(OC)cc1N(C)CCN(C)C. The summed E-state index contributed by atoms with van der Waals surface area (Å²) in [5.41, 5.74) is 3.86. The second-order valence-corrected chi connectivity index (χ2v) is 11.0. The zero-order chi connectivity index (χ0) is 30.7. The third kappa shape index (κ3) is 6.55. The number of fused-ring (bicyclic) bond motifs is 1. The Bertz CT molecular complexity index is 1710. The van der Waals surface area contributed by atoms with Crippen LogP contribution in [0.3, 0.4) is 0 Å². The van der Waals surface area contributed by atoms with Crippen LogP contribution in [0.4, 0.5) is 23.0 Å². The predicted octanol–water partition coefficient (Wildman–Crippen LogP) is 3.36. The van der Waals surface area contributed by atoms with Gasteiger partial charge in [-0.2, -0.15) is 4.98 Å². The first kappa shape index (κ1) is 29.8. The molecule has 0 unspecified atom stereocenters. The van der Waals surface area contributed by atoms with Crippen LogP contribution >= 0.6 is 0 Å². The van der Waals surface area contributed by atoms with E-state index in [4.69, 9.17) is 9.72 Å². The second kappa shape index (κ2) is 12.7. The average Bonchev–Trinajstić information content (AvgIpc) is 3.79. The summed E-state index contributed by atoms with van der Waals surface area (Å²) in [5.74, 6) is 1.30. The number of anilines is 4. The number of amides is 1. The molecule has 12 heteroatoms. The van der Waals surface area contributed by atoms with Gasteiger partial charge in [0.05, 0.1) is 41.8 Å². The van der Waals surface area contributed by atoms with E-state index in [2.05, 4.69) is 27.1 Å². The third-order valence-electron chi connectivity index (χ3n) is 7.49. The number of benzene rings is 2. The van der Waals surface area contributed by atoms with Gasteiger partial charge in [-0.25, -0.2) is 14.3 Å². The Kier molecular flexibility index (Phi) is 8.78. The predicted molar refractivity (Wildman–Crippen MR) is 169 cm³/mol. The Morgan fingerprint density at radius 3 is 2.60 bits per heavy atom. The molecule has 2 aromatic heterocycles. The van der Waals surface area contributed by atoms with Gasteiger partial charge in [0.2, 0.25) is 11.9 Å². The molecule has 1 aliphatic rings. The molecule has 4 aromatic rings. The largest absolute Gasteiger partial charge is 0.494 e. The van der Waals surface area contributed by atoms with Gasteiger partial charge in [0.25, 0.3) is 0 Å². The van der Waals surface area contributed by atoms with Crippen molar-refractivity contribution in [1.82, 2.24) is 24.0 Å². The average molecular weight is 587 g/mol. The number of nitrogens with one attached hydrogen (secondary N) is 2. The minimum atomic E-state index is -0.344. The summed E-state index contributed by atoms with van der Waals surface area (Å²) >= 11 is 0. The van der Waals surface area contributed by atoms with Crippen molar-refractivity contribution in [3.8, 4) is 11.6 Å². The van der Waals surface area contributed by atoms with Crippen molar-refractivity contribution in [2.24, 2.45) is 5.92 Å². The number of carbonyl (C=O) groups is 1. The van der Waals surface area contributed by atoms with E-state index in [1.807, 2.05) is 44.2 Å². The van der Waals surface area contributed by atoms with E-state index < -0.39 is 0 Å². The van der Waals surface area contributed by atoms with Crippen LogP contribution in [0, 0.1) is 5.92 Å². The van der Waals surface area contributed by atoms with E-state index in [-0.39, 0.29) is 24.2 Å². The van der Waals surface area contributed by atoms with Gasteiger partial charge in [-0.15, -0.1) is 0 Å². The molecule has 3 N–H and O–H groups in total. The number of aliphatic hydroxyl groups excluding tert-OH is 1. The lowest BCUT2D eigenvalue weighted by Gasteiger charge is -2.26. The Morgan fingerprint density at radius 2 is 1.93 bits per heavy atom. The van der Waals surface area contributed by atoms with Crippen LogP contribution in [-0.2, 0) is 17.9 Å². The van der Waals surface area contributed by atoms with E-state index in [0.29, 0.717) is 47.5 Å². The number of imidazole rings is 1. The number of ether oxygens (including phenoxy) is 1. The molecule has 226 valence electrons. The van der Waals surface area contributed by atoms with E-state index in [9.17, 15) is 14.7 Å². The molecule has 43 heavy (non-hydrogen) atoms. The molecule has 12 nitrogen and oxygen atoms in total. The molecule has 0 atom stereocenters. The summed E-state index contributed by atoms with van der Waals surface area (Å²) in [4.78, 5) is 39.2. The van der Waals surface area contributed by atoms with Crippen LogP contribution < -0.4 is 26.0 Å². The van der Waals surface area contributed by atoms with Gasteiger partial charge in [0.15, 0.2) is 0 Å². The number of methoxy groups -OCH3 is 1. The minimum Gasteiger partial charge on any atom is -0.494 e. The van der Waals surface area contributed by atoms with Crippen LogP contribution in [0.15, 0.2) is 60.0 Å². The molecule has 1 amide bonds. The number of likely N-dealkylation sites (N-methyl/N-ethyl adjacent to an activating group) is 2. The maximum absolute atomic E-state index is 13.7. The summed E-state index contributed by atoms with van der Waals surface area (Å²) in [7, 11) is 7.52. The van der Waals surface area contributed by atoms with Crippen molar-refractivity contribution in [3.63, 3.8) is 0 Å². The Hall–Kier alpha value is -4.68. The minimum absolute atomic E-state index is 0.110. The van der Waals surface area contributed by atoms with Crippen molar-refractivity contribution in [1.29, 1.82) is 0 Å². The summed E-state index contributed by atoms with van der Waals surface area (Å²) in [5, 5.41) is 15.8. The molecule has 0 bridgehead atoms. The standard InChI is InChI=1S/C31H38N8O4/c1-6-29(41)33-22-16-23(27(43-5)17-25(22)37(4)14-13-36(2)3)34-30-32-12-11-28(35-30)39-24-10-9-21(19-40)15-26(24)38(31(39)42)18-20-7-8-20/h6,9-12,15-17,20,40H,1,7-8,13-14,18-19H2,2-5H3,(H,33,41)(H,32,34,35). The van der Waals surface area contributed by atoms with E-state index in [1.54, 1.807) is 40.6 Å². The lowest BCUT2D eigenvalue weighted by atomic mass is 10.2. The monoisotopic (exact) mass is 586 g/mol. The first-order chi connectivity index (χ1) is 20.7. The molecule has 0 aliphatic heterocycles. The Balaban J connectivity index is 1.53. The van der Waals surface area contributed by atoms with Gasteiger partial charge in [0, 0.05) is 45.0 Å². The normalized spacial score (nSPS) is 12.9. The highest BCUT2D eigenvalue weighted by Crippen LogP contribution is 2.38. The molecule has 5 rings (SSSR count). The van der Waals surface area contributed by atoms with Gasteiger partial charge in [-0.05, 0) is 62.7 Å². The van der Waals surface area contributed by atoms with E-state index in [1.165, 1.54) is 6.08 Å². The van der Waals surface area contributed by atoms with Gasteiger partial charge >= 0.3 is 5.69 Å². The zero-order valence-corrected chi connectivity index (χ0v) is 25.0. The molecule has 1 aliphatic carbocycles. The quantitative estimate of drug-likeness (QED) is 0.202. The maximum Gasteiger partial charge on any atom is 0.334 e. The molecule has 1 fully saturated rings. The lowest BCUT2D eigenvalue weighted by Crippen LogP contribution is -2.29. The van der Waals surface area contributed by atoms with Crippen LogP contribution in [0.1, 0.15) is 18.4 Å². The summed E-state index contributed by atoms with van der Waals surface area (Å²) in [6, 6.07) is 10.8. The van der Waals surface area contributed by atoms with Crippen molar-refractivity contribution < 1.29 is 14.6 Å². The Labute approximate surface area is 250 Å². The number of aromatic nitrogens is 4. The molecule has 0 saturated heterocycles. The molecule has 0 spiro atoms. The van der Waals surface area contributed by atoms with Crippen molar-refractivity contribution >= 4 is 40.0 Å². The first-order valence-electron chi connectivity index (χ1n) is 14.2. The highest BCUT2D eigenvalue weighted by Gasteiger charge is 2.26. The topological polar surface area (TPSA) is 130 Å². The van der Waals surface area contributed by atoms with Crippen LogP contribution in [0.25, 0.3) is 16.9 Å². The summed E-state index contributed by atoms with van der Waals surface area (Å²) < 4.78 is 9.05. The highest BCUT2D eigenvalue weighted by molar-refractivity contribution is 6.02. The summed E-state index contributed by atoms with van der Waals surface area (Å²) in [6.45, 7) is 5.62. The third-order valence-corrected chi connectivity index (χ3v) is 7.49. The van der Waals surface area contributed by atoms with Gasteiger partial charge < -0.3 is 30.3 Å². The zero-order valence-electron chi connectivity index (χ0n) is 25.0. The molecule has 2 aromatic carbocycles. The van der Waals surface area contributed by atoms with E-state index >= 15 is 0 Å². The molecule has 2 heterocycles. The lowest BCUT2D eigenvalue weighted by molar-refractivity contribution is -0.111. The number of nitrogens with zero attached hydrogens (tertiary/aromatic N) is 6. The number of hydrogen-bond acceptors (Lipinski definition) is 9. The van der Waals surface area contributed by atoms with Gasteiger partial charge in [-0.3, -0.25) is 9.36 Å². The van der Waals surface area contributed by atoms with Gasteiger partial charge in [-0.1, -0.05) is 12.6 Å². The smallest absolute Gasteiger partial charge is 0.334 e. The highest BCUT2D eigenvalue weighted by atomic mass is 16.5. The number of carbonyl (C=O) groups excluding carboxylic acids is 1. The molecule has 1 saturated carbocycles. The fraction of sp³-hybridized carbons (Fsp3) is 0.355. The second-order valence-electron chi connectivity index (χ2n) is 11.0. The van der Waals surface area contributed by atoms with E-state index in [0.717, 1.165) is 36.2 Å². The number of aliphatic hydroxyl groups is 1. The molecular weight excluding hydrogens is 548 g/mol. The number of rotatable bonds is 13.